The molecule has 0 atom stereocenters. The molecule has 1 aliphatic heterocycles. The van der Waals surface area contributed by atoms with Gasteiger partial charge in [-0.2, -0.15) is 0 Å². The molecule has 4 N–H and O–H groups in total. The minimum atomic E-state index is -1.63. The van der Waals surface area contributed by atoms with Crippen LogP contribution in [0.1, 0.15) is 33.7 Å². The number of piperazine rings is 1. The molecule has 0 spiro atoms. The lowest BCUT2D eigenvalue weighted by Gasteiger charge is -2.29. The van der Waals surface area contributed by atoms with Crippen molar-refractivity contribution in [2.75, 3.05) is 38.1 Å². The average Bonchev–Trinajstić information content (AvgIpc) is 3.20. The number of carbonyl (C=O) groups is 1. The van der Waals surface area contributed by atoms with Crippen LogP contribution in [-0.2, 0) is 11.3 Å². The minimum Gasteiger partial charge on any atom is -0.448 e. The predicted molar refractivity (Wildman–Crippen MR) is 143 cm³/mol. The summed E-state index contributed by atoms with van der Waals surface area (Å²) in [5.74, 6) is -0.0274. The number of amides is 1. The first kappa shape index (κ1) is 24.5. The number of nitrogens with one attached hydrogen (secondary N) is 2. The number of anilines is 1. The molecule has 1 amide bonds. The Kier molecular flexibility index (Phi) is 7.12. The van der Waals surface area contributed by atoms with Crippen LogP contribution in [-0.4, -0.2) is 60.9 Å². The first-order valence-corrected chi connectivity index (χ1v) is 12.5. The smallest absolute Gasteiger partial charge is 0.448 e. The summed E-state index contributed by atoms with van der Waals surface area (Å²) >= 11 is 0. The molecule has 0 aromatic heterocycles. The summed E-state index contributed by atoms with van der Waals surface area (Å²) in [6.07, 6.45) is -0.560. The highest BCUT2D eigenvalue weighted by molar-refractivity contribution is 6.60. The van der Waals surface area contributed by atoms with Crippen molar-refractivity contribution < 1.29 is 19.6 Å². The number of benzene rings is 3. The lowest BCUT2D eigenvalue weighted by Crippen LogP contribution is -2.43. The first-order valence-electron chi connectivity index (χ1n) is 12.5. The van der Waals surface area contributed by atoms with E-state index in [4.69, 9.17) is 4.74 Å². The molecule has 0 unspecified atom stereocenters. The van der Waals surface area contributed by atoms with E-state index in [-0.39, 0.29) is 12.5 Å². The van der Waals surface area contributed by atoms with Crippen LogP contribution in [0.3, 0.4) is 0 Å². The molecule has 7 nitrogen and oxygen atoms in total. The second-order valence-electron chi connectivity index (χ2n) is 9.60. The molecule has 3 aromatic rings. The number of fused-ring (bicyclic) bond motifs is 3. The van der Waals surface area contributed by atoms with Gasteiger partial charge >= 0.3 is 13.2 Å². The normalized spacial score (nSPS) is 15.3. The zero-order valence-corrected chi connectivity index (χ0v) is 20.8. The van der Waals surface area contributed by atoms with Crippen LogP contribution in [0.25, 0.3) is 11.1 Å². The van der Waals surface area contributed by atoms with Crippen LogP contribution in [0, 0.1) is 13.8 Å². The summed E-state index contributed by atoms with van der Waals surface area (Å²) in [5.41, 5.74) is 8.04. The van der Waals surface area contributed by atoms with E-state index in [2.05, 4.69) is 39.8 Å². The molecule has 1 saturated heterocycles. The molecule has 0 radical (unpaired) electrons. The van der Waals surface area contributed by atoms with Gasteiger partial charge in [0.2, 0.25) is 0 Å². The van der Waals surface area contributed by atoms with E-state index in [0.717, 1.165) is 48.4 Å². The average molecular weight is 485 g/mol. The third-order valence-electron chi connectivity index (χ3n) is 7.45. The Hall–Kier alpha value is -3.17. The molecule has 0 saturated carbocycles. The zero-order chi connectivity index (χ0) is 25.2. The zero-order valence-electron chi connectivity index (χ0n) is 20.8. The molecule has 1 aliphatic carbocycles. The van der Waals surface area contributed by atoms with Crippen LogP contribution in [0.2, 0.25) is 0 Å². The summed E-state index contributed by atoms with van der Waals surface area (Å²) in [5, 5.41) is 26.4. The number of hydrogen-bond donors (Lipinski definition) is 4. The Balaban J connectivity index is 1.34. The number of ether oxygens (including phenoxy) is 1. The fourth-order valence-electron chi connectivity index (χ4n) is 5.53. The van der Waals surface area contributed by atoms with Gasteiger partial charge in [0.25, 0.3) is 0 Å². The van der Waals surface area contributed by atoms with E-state index in [1.807, 2.05) is 37.3 Å². The summed E-state index contributed by atoms with van der Waals surface area (Å²) < 4.78 is 5.73. The third-order valence-corrected chi connectivity index (χ3v) is 7.45. The molecular formula is C28H32BN3O4. The summed E-state index contributed by atoms with van der Waals surface area (Å²) in [4.78, 5) is 15.3. The van der Waals surface area contributed by atoms with Crippen molar-refractivity contribution in [1.29, 1.82) is 0 Å². The standard InChI is InChI=1S/C28H32BN3O4/c1-18-20(16-32-13-11-30-12-14-32)15-26(19(2)27(18)29(34)35)31-28(33)36-17-25-23-9-5-3-7-21(23)22-8-4-6-10-24(22)25/h3-10,15,25,30,34-35H,11-14,16-17H2,1-2H3,(H,31,33). The van der Waals surface area contributed by atoms with Crippen molar-refractivity contribution in [1.82, 2.24) is 10.2 Å². The van der Waals surface area contributed by atoms with Crippen molar-refractivity contribution in [2.45, 2.75) is 26.3 Å². The summed E-state index contributed by atoms with van der Waals surface area (Å²) in [7, 11) is -1.63. The van der Waals surface area contributed by atoms with Gasteiger partial charge in [0, 0.05) is 44.3 Å². The molecule has 5 rings (SSSR count). The van der Waals surface area contributed by atoms with Crippen LogP contribution in [0.15, 0.2) is 54.6 Å². The Morgan fingerprint density at radius 1 is 1.03 bits per heavy atom. The fraction of sp³-hybridized carbons (Fsp3) is 0.321. The molecule has 2 aliphatic rings. The van der Waals surface area contributed by atoms with Crippen molar-refractivity contribution >= 4 is 24.4 Å². The fourth-order valence-corrected chi connectivity index (χ4v) is 5.53. The molecule has 3 aromatic carbocycles. The SMILES string of the molecule is Cc1c(CN2CCNCC2)cc(NC(=O)OCC2c3ccccc3-c3ccccc32)c(C)c1B(O)O. The first-order chi connectivity index (χ1) is 17.4. The van der Waals surface area contributed by atoms with E-state index in [9.17, 15) is 14.8 Å². The Morgan fingerprint density at radius 3 is 2.25 bits per heavy atom. The molecule has 1 fully saturated rings. The van der Waals surface area contributed by atoms with Crippen molar-refractivity contribution in [3.63, 3.8) is 0 Å². The van der Waals surface area contributed by atoms with Crippen LogP contribution in [0.5, 0.6) is 0 Å². The van der Waals surface area contributed by atoms with Gasteiger partial charge in [0.1, 0.15) is 6.61 Å². The molecule has 36 heavy (non-hydrogen) atoms. The van der Waals surface area contributed by atoms with E-state index in [0.29, 0.717) is 23.3 Å². The van der Waals surface area contributed by atoms with Crippen LogP contribution >= 0.6 is 0 Å². The quantitative estimate of drug-likeness (QED) is 0.402. The maximum atomic E-state index is 12.9. The summed E-state index contributed by atoms with van der Waals surface area (Å²) in [6.45, 7) is 8.25. The highest BCUT2D eigenvalue weighted by Crippen LogP contribution is 2.44. The topological polar surface area (TPSA) is 94.1 Å². The van der Waals surface area contributed by atoms with Gasteiger partial charge in [0.05, 0.1) is 0 Å². The van der Waals surface area contributed by atoms with E-state index in [1.54, 1.807) is 6.92 Å². The number of carbonyl (C=O) groups excluding carboxylic acids is 1. The van der Waals surface area contributed by atoms with Crippen LogP contribution < -0.4 is 16.1 Å². The number of nitrogens with zero attached hydrogens (tertiary/aromatic N) is 1. The Labute approximate surface area is 212 Å². The van der Waals surface area contributed by atoms with Crippen molar-refractivity contribution in [3.05, 3.63) is 82.4 Å². The lowest BCUT2D eigenvalue weighted by molar-refractivity contribution is 0.158. The number of rotatable bonds is 6. The molecule has 0 bridgehead atoms. The Morgan fingerprint density at radius 2 is 1.64 bits per heavy atom. The molecule has 1 heterocycles. The van der Waals surface area contributed by atoms with Gasteiger partial charge in [0.15, 0.2) is 0 Å². The molecule has 186 valence electrons. The molecule has 8 heteroatoms. The van der Waals surface area contributed by atoms with Gasteiger partial charge in [-0.3, -0.25) is 10.2 Å². The van der Waals surface area contributed by atoms with Gasteiger partial charge in [-0.25, -0.2) is 4.79 Å². The van der Waals surface area contributed by atoms with Crippen molar-refractivity contribution in [2.24, 2.45) is 0 Å². The van der Waals surface area contributed by atoms with Crippen LogP contribution in [0.4, 0.5) is 10.5 Å². The van der Waals surface area contributed by atoms with E-state index < -0.39 is 13.2 Å². The maximum Gasteiger partial charge on any atom is 0.489 e. The van der Waals surface area contributed by atoms with Gasteiger partial charge < -0.3 is 20.1 Å². The minimum absolute atomic E-state index is 0.0274. The lowest BCUT2D eigenvalue weighted by atomic mass is 9.72. The highest BCUT2D eigenvalue weighted by Gasteiger charge is 2.29. The second kappa shape index (κ2) is 10.4. The molecular weight excluding hydrogens is 453 g/mol. The Bertz CT molecular complexity index is 1230. The monoisotopic (exact) mass is 485 g/mol. The van der Waals surface area contributed by atoms with E-state index in [1.165, 1.54) is 11.1 Å². The summed E-state index contributed by atoms with van der Waals surface area (Å²) in [6, 6.07) is 18.4. The van der Waals surface area contributed by atoms with E-state index >= 15 is 0 Å². The third kappa shape index (κ3) is 4.77. The largest absolute Gasteiger partial charge is 0.489 e. The second-order valence-corrected chi connectivity index (χ2v) is 9.60. The highest BCUT2D eigenvalue weighted by atomic mass is 16.5. The van der Waals surface area contributed by atoms with Gasteiger partial charge in [-0.15, -0.1) is 0 Å². The number of hydrogen-bond acceptors (Lipinski definition) is 6. The predicted octanol–water partition coefficient (Wildman–Crippen LogP) is 2.75. The maximum absolute atomic E-state index is 12.9. The van der Waals surface area contributed by atoms with Crippen molar-refractivity contribution in [3.8, 4) is 11.1 Å². The van der Waals surface area contributed by atoms with Gasteiger partial charge in [-0.1, -0.05) is 48.5 Å². The van der Waals surface area contributed by atoms with Gasteiger partial charge in [-0.05, 0) is 64.3 Å².